The van der Waals surface area contributed by atoms with Gasteiger partial charge in [-0.15, -0.1) is 0 Å². The molecule has 76 valence electrons. The number of allylic oxidation sites excluding steroid dienone is 1. The number of hydrogen-bond donors (Lipinski definition) is 1. The fourth-order valence-electron chi connectivity index (χ4n) is 0.733. The van der Waals surface area contributed by atoms with Crippen LogP contribution in [0.2, 0.25) is 0 Å². The van der Waals surface area contributed by atoms with Gasteiger partial charge in [0, 0.05) is 6.54 Å². The lowest BCUT2D eigenvalue weighted by Gasteiger charge is -2.30. The van der Waals surface area contributed by atoms with Crippen LogP contribution >= 0.6 is 0 Å². The molecule has 0 heterocycles. The second kappa shape index (κ2) is 3.91. The highest BCUT2D eigenvalue weighted by atomic mass is 19.3. The third kappa shape index (κ3) is 1.91. The number of nitrogens with two attached hydrogens (primary N) is 1. The van der Waals surface area contributed by atoms with Crippen LogP contribution in [-0.2, 0) is 0 Å². The van der Waals surface area contributed by atoms with Crippen LogP contribution in [0.4, 0.5) is 17.6 Å². The first kappa shape index (κ1) is 12.2. The average Bonchev–Trinajstić information content (AvgIpc) is 2.14. The molecule has 0 aliphatic carbocycles. The van der Waals surface area contributed by atoms with E-state index in [2.05, 4.69) is 13.2 Å². The highest BCUT2D eigenvalue weighted by Crippen LogP contribution is 2.37. The fraction of sp³-hybridized carbons (Fsp3) is 0.500. The van der Waals surface area contributed by atoms with Gasteiger partial charge in [0.15, 0.2) is 6.17 Å². The van der Waals surface area contributed by atoms with Crippen LogP contribution in [0.1, 0.15) is 0 Å². The molecule has 0 saturated heterocycles. The molecule has 0 aromatic heterocycles. The van der Waals surface area contributed by atoms with Gasteiger partial charge in [-0.1, -0.05) is 19.2 Å². The molecule has 0 aromatic carbocycles. The molecule has 0 bridgehead atoms. The Hall–Kier alpha value is -0.840. The minimum Gasteiger partial charge on any atom is -0.327 e. The van der Waals surface area contributed by atoms with Crippen molar-refractivity contribution in [2.24, 2.45) is 5.73 Å². The van der Waals surface area contributed by atoms with Gasteiger partial charge in [-0.2, -0.15) is 8.78 Å². The second-order valence-corrected chi connectivity index (χ2v) is 2.53. The van der Waals surface area contributed by atoms with Crippen molar-refractivity contribution >= 4 is 0 Å². The van der Waals surface area contributed by atoms with Crippen molar-refractivity contribution in [1.82, 2.24) is 0 Å². The molecule has 0 spiro atoms. The lowest BCUT2D eigenvalue weighted by Crippen LogP contribution is -2.53. The molecule has 0 radical (unpaired) electrons. The average molecular weight is 197 g/mol. The molecule has 2 atom stereocenters. The minimum absolute atomic E-state index is 0.309. The van der Waals surface area contributed by atoms with E-state index in [9.17, 15) is 17.6 Å². The topological polar surface area (TPSA) is 26.0 Å². The van der Waals surface area contributed by atoms with Crippen LogP contribution in [0.15, 0.2) is 25.3 Å². The van der Waals surface area contributed by atoms with Crippen molar-refractivity contribution in [3.63, 3.8) is 0 Å². The van der Waals surface area contributed by atoms with Crippen LogP contribution in [-0.4, -0.2) is 24.3 Å². The van der Waals surface area contributed by atoms with Crippen LogP contribution in [0, 0.1) is 0 Å². The van der Waals surface area contributed by atoms with Crippen molar-refractivity contribution in [3.05, 3.63) is 25.3 Å². The molecule has 0 aromatic rings. The van der Waals surface area contributed by atoms with Crippen LogP contribution in [0.3, 0.4) is 0 Å². The molecular formula is C8H11F4N. The zero-order chi connectivity index (χ0) is 10.7. The Kier molecular flexibility index (Phi) is 3.66. The van der Waals surface area contributed by atoms with Gasteiger partial charge >= 0.3 is 5.92 Å². The van der Waals surface area contributed by atoms with E-state index in [1.165, 1.54) is 0 Å². The van der Waals surface area contributed by atoms with Gasteiger partial charge in [-0.05, 0) is 6.08 Å². The predicted octanol–water partition coefficient (Wildman–Crippen LogP) is 2.00. The molecule has 0 rings (SSSR count). The zero-order valence-electron chi connectivity index (χ0n) is 6.94. The minimum atomic E-state index is -4.23. The summed E-state index contributed by atoms with van der Waals surface area (Å²) in [4.78, 5) is 0. The maximum Gasteiger partial charge on any atom is 0.320 e. The van der Waals surface area contributed by atoms with Gasteiger partial charge in [0.05, 0.1) is 0 Å². The maximum absolute atomic E-state index is 13.2. The molecule has 0 fully saturated rings. The third-order valence-corrected chi connectivity index (χ3v) is 1.73. The van der Waals surface area contributed by atoms with Gasteiger partial charge in [-0.25, -0.2) is 8.78 Å². The van der Waals surface area contributed by atoms with E-state index in [1.54, 1.807) is 0 Å². The van der Waals surface area contributed by atoms with E-state index in [0.717, 1.165) is 0 Å². The fourth-order valence-corrected chi connectivity index (χ4v) is 0.733. The van der Waals surface area contributed by atoms with Crippen molar-refractivity contribution in [2.75, 3.05) is 6.54 Å². The lowest BCUT2D eigenvalue weighted by molar-refractivity contribution is -0.143. The monoisotopic (exact) mass is 197 g/mol. The summed E-state index contributed by atoms with van der Waals surface area (Å²) in [5.41, 5.74) is 1.53. The van der Waals surface area contributed by atoms with Crippen molar-refractivity contribution in [1.29, 1.82) is 0 Å². The molecule has 1 nitrogen and oxygen atoms in total. The van der Waals surface area contributed by atoms with E-state index < -0.39 is 24.3 Å². The van der Waals surface area contributed by atoms with E-state index >= 15 is 0 Å². The smallest absolute Gasteiger partial charge is 0.320 e. The van der Waals surface area contributed by atoms with Gasteiger partial charge in [0.1, 0.15) is 0 Å². The van der Waals surface area contributed by atoms with Gasteiger partial charge < -0.3 is 5.73 Å². The summed E-state index contributed by atoms with van der Waals surface area (Å²) < 4.78 is 51.5. The Bertz CT molecular complexity index is 204. The summed E-state index contributed by atoms with van der Waals surface area (Å²) >= 11 is 0. The Morgan fingerprint density at radius 1 is 1.31 bits per heavy atom. The van der Waals surface area contributed by atoms with Gasteiger partial charge in [-0.3, -0.25) is 0 Å². The Labute approximate surface area is 73.9 Å². The first-order chi connectivity index (χ1) is 5.85. The largest absolute Gasteiger partial charge is 0.327 e. The lowest BCUT2D eigenvalue weighted by atomic mass is 9.94. The quantitative estimate of drug-likeness (QED) is 0.529. The van der Waals surface area contributed by atoms with E-state index in [1.807, 2.05) is 0 Å². The summed E-state index contributed by atoms with van der Waals surface area (Å²) in [5, 5.41) is 0. The molecule has 0 aliphatic rings. The van der Waals surface area contributed by atoms with Crippen molar-refractivity contribution in [2.45, 2.75) is 17.8 Å². The van der Waals surface area contributed by atoms with Crippen molar-refractivity contribution in [3.8, 4) is 0 Å². The first-order valence-corrected chi connectivity index (χ1v) is 3.52. The Balaban J connectivity index is 4.97. The number of hydrogen-bond acceptors (Lipinski definition) is 1. The summed E-state index contributed by atoms with van der Waals surface area (Å²) in [5.74, 6) is -4.23. The van der Waals surface area contributed by atoms with Gasteiger partial charge in [0.2, 0.25) is 5.67 Å². The summed E-state index contributed by atoms with van der Waals surface area (Å²) in [6.45, 7) is 4.63. The Morgan fingerprint density at radius 2 is 1.77 bits per heavy atom. The van der Waals surface area contributed by atoms with Crippen LogP contribution < -0.4 is 5.73 Å². The second-order valence-electron chi connectivity index (χ2n) is 2.53. The highest BCUT2D eigenvalue weighted by molar-refractivity contribution is 5.12. The van der Waals surface area contributed by atoms with E-state index in [4.69, 9.17) is 5.73 Å². The maximum atomic E-state index is 13.2. The molecule has 5 heteroatoms. The standard InChI is InChI=1S/C8H11F4N/c1-3-6(9)8(11,12)7(10,4-2)5-13/h3-4,6H,1-2,5,13H2/t6-,7-/m0/s1. The summed E-state index contributed by atoms with van der Waals surface area (Å²) in [6, 6.07) is 0. The number of halogens is 4. The van der Waals surface area contributed by atoms with Gasteiger partial charge in [0.25, 0.3) is 0 Å². The highest BCUT2D eigenvalue weighted by Gasteiger charge is 2.56. The predicted molar refractivity (Wildman–Crippen MR) is 43.1 cm³/mol. The SMILES string of the molecule is C=C[C@H](F)C(F)(F)[C@](F)(C=C)CN. The zero-order valence-corrected chi connectivity index (χ0v) is 6.94. The summed E-state index contributed by atoms with van der Waals surface area (Å²) in [6.07, 6.45) is -2.14. The molecule has 0 aliphatic heterocycles. The normalized spacial score (nSPS) is 18.8. The molecule has 13 heavy (non-hydrogen) atoms. The van der Waals surface area contributed by atoms with Crippen LogP contribution in [0.25, 0.3) is 0 Å². The molecule has 0 saturated carbocycles. The van der Waals surface area contributed by atoms with E-state index in [0.29, 0.717) is 12.2 Å². The Morgan fingerprint density at radius 3 is 2.00 bits per heavy atom. The molecule has 0 amide bonds. The number of alkyl halides is 4. The third-order valence-electron chi connectivity index (χ3n) is 1.73. The number of rotatable bonds is 5. The van der Waals surface area contributed by atoms with E-state index in [-0.39, 0.29) is 0 Å². The molecule has 2 N–H and O–H groups in total. The first-order valence-electron chi connectivity index (χ1n) is 3.52. The molecular weight excluding hydrogens is 186 g/mol. The van der Waals surface area contributed by atoms with Crippen LogP contribution in [0.5, 0.6) is 0 Å². The summed E-state index contributed by atoms with van der Waals surface area (Å²) in [7, 11) is 0. The molecule has 0 unspecified atom stereocenters. The van der Waals surface area contributed by atoms with Crippen molar-refractivity contribution < 1.29 is 17.6 Å².